The summed E-state index contributed by atoms with van der Waals surface area (Å²) in [7, 11) is 0. The van der Waals surface area contributed by atoms with Crippen LogP contribution in [0.3, 0.4) is 0 Å². The number of fused-ring (bicyclic) bond motifs is 1. The van der Waals surface area contributed by atoms with Crippen molar-refractivity contribution in [2.45, 2.75) is 25.9 Å². The molecule has 0 aromatic carbocycles. The molecule has 5 nitrogen and oxygen atoms in total. The summed E-state index contributed by atoms with van der Waals surface area (Å²) in [5.74, 6) is 0.219. The third-order valence-corrected chi connectivity index (χ3v) is 2.54. The van der Waals surface area contributed by atoms with Crippen LogP contribution in [0.1, 0.15) is 23.7 Å². The number of Topliss-reactive ketones (excluding diaryl/α,β-unsaturated/α-hetero) is 1. The van der Waals surface area contributed by atoms with Gasteiger partial charge in [-0.25, -0.2) is 4.68 Å². The Labute approximate surface area is 92.1 Å². The van der Waals surface area contributed by atoms with Crippen molar-refractivity contribution in [3.05, 3.63) is 10.7 Å². The van der Waals surface area contributed by atoms with Gasteiger partial charge in [-0.3, -0.25) is 4.79 Å². The number of carbonyl (C=O) groups is 1. The average Bonchev–Trinajstić information content (AvgIpc) is 2.52. The SMILES string of the molecule is CC(N)C(=O)c1c(Cl)nn2c1OCCC2. The first-order valence-corrected chi connectivity index (χ1v) is 5.18. The van der Waals surface area contributed by atoms with Crippen LogP contribution in [-0.2, 0) is 6.54 Å². The molecule has 1 aromatic heterocycles. The van der Waals surface area contributed by atoms with E-state index in [0.29, 0.717) is 18.1 Å². The number of carbonyl (C=O) groups excluding carboxylic acids is 1. The zero-order valence-electron chi connectivity index (χ0n) is 8.36. The van der Waals surface area contributed by atoms with Crippen LogP contribution in [0.4, 0.5) is 0 Å². The van der Waals surface area contributed by atoms with E-state index in [1.807, 2.05) is 0 Å². The predicted molar refractivity (Wildman–Crippen MR) is 55.3 cm³/mol. The number of hydrogen-bond donors (Lipinski definition) is 1. The van der Waals surface area contributed by atoms with Crippen LogP contribution in [0.2, 0.25) is 5.15 Å². The van der Waals surface area contributed by atoms with Gasteiger partial charge in [0.2, 0.25) is 5.88 Å². The molecule has 1 aromatic rings. The van der Waals surface area contributed by atoms with Crippen LogP contribution < -0.4 is 10.5 Å². The fraction of sp³-hybridized carbons (Fsp3) is 0.556. The van der Waals surface area contributed by atoms with Gasteiger partial charge in [0, 0.05) is 13.0 Å². The Bertz CT molecular complexity index is 400. The van der Waals surface area contributed by atoms with Crippen molar-refractivity contribution >= 4 is 17.4 Å². The molecule has 1 atom stereocenters. The van der Waals surface area contributed by atoms with Gasteiger partial charge >= 0.3 is 0 Å². The van der Waals surface area contributed by atoms with Gasteiger partial charge in [-0.15, -0.1) is 0 Å². The molecule has 0 fully saturated rings. The minimum absolute atomic E-state index is 0.175. The van der Waals surface area contributed by atoms with E-state index in [2.05, 4.69) is 5.10 Å². The molecule has 0 saturated heterocycles. The van der Waals surface area contributed by atoms with Crippen LogP contribution in [0.25, 0.3) is 0 Å². The third kappa shape index (κ3) is 1.72. The first-order chi connectivity index (χ1) is 7.11. The van der Waals surface area contributed by atoms with Crippen molar-refractivity contribution < 1.29 is 9.53 Å². The number of aromatic nitrogens is 2. The Hall–Kier alpha value is -1.07. The van der Waals surface area contributed by atoms with Gasteiger partial charge in [-0.2, -0.15) is 5.10 Å². The molecule has 1 aliphatic heterocycles. The van der Waals surface area contributed by atoms with E-state index >= 15 is 0 Å². The molecule has 0 spiro atoms. The summed E-state index contributed by atoms with van der Waals surface area (Å²) in [6, 6.07) is -0.595. The number of ether oxygens (including phenoxy) is 1. The Morgan fingerprint density at radius 3 is 3.13 bits per heavy atom. The largest absolute Gasteiger partial charge is 0.477 e. The molecule has 0 amide bonds. The van der Waals surface area contributed by atoms with Crippen molar-refractivity contribution in [3.63, 3.8) is 0 Å². The lowest BCUT2D eigenvalue weighted by Gasteiger charge is -2.15. The molecule has 15 heavy (non-hydrogen) atoms. The minimum atomic E-state index is -0.595. The number of nitrogens with zero attached hydrogens (tertiary/aromatic N) is 2. The molecule has 82 valence electrons. The monoisotopic (exact) mass is 229 g/mol. The minimum Gasteiger partial charge on any atom is -0.477 e. The third-order valence-electron chi connectivity index (χ3n) is 2.28. The van der Waals surface area contributed by atoms with E-state index in [0.717, 1.165) is 13.0 Å². The van der Waals surface area contributed by atoms with Crippen LogP contribution in [-0.4, -0.2) is 28.2 Å². The van der Waals surface area contributed by atoms with E-state index in [1.165, 1.54) is 0 Å². The topological polar surface area (TPSA) is 70.1 Å². The van der Waals surface area contributed by atoms with Gasteiger partial charge in [0.1, 0.15) is 5.56 Å². The maximum absolute atomic E-state index is 11.8. The first kappa shape index (κ1) is 10.4. The van der Waals surface area contributed by atoms with Crippen LogP contribution >= 0.6 is 11.6 Å². The summed E-state index contributed by atoms with van der Waals surface area (Å²) in [5.41, 5.74) is 5.84. The normalized spacial score (nSPS) is 16.7. The molecule has 6 heteroatoms. The fourth-order valence-corrected chi connectivity index (χ4v) is 1.80. The highest BCUT2D eigenvalue weighted by molar-refractivity contribution is 6.33. The molecule has 2 rings (SSSR count). The Balaban J connectivity index is 2.46. The summed E-state index contributed by atoms with van der Waals surface area (Å²) in [6.07, 6.45) is 0.872. The van der Waals surface area contributed by atoms with E-state index in [9.17, 15) is 4.79 Å². The van der Waals surface area contributed by atoms with Crippen molar-refractivity contribution in [2.24, 2.45) is 5.73 Å². The standard InChI is InChI=1S/C9H12ClN3O2/c1-5(11)7(14)6-8(10)12-13-3-2-4-15-9(6)13/h5H,2-4,11H2,1H3. The number of rotatable bonds is 2. The summed E-state index contributed by atoms with van der Waals surface area (Å²) in [4.78, 5) is 11.8. The van der Waals surface area contributed by atoms with Gasteiger partial charge in [0.05, 0.1) is 12.6 Å². The highest BCUT2D eigenvalue weighted by Crippen LogP contribution is 2.29. The second kappa shape index (κ2) is 3.83. The molecule has 1 aliphatic rings. The quantitative estimate of drug-likeness (QED) is 0.764. The molecular formula is C9H12ClN3O2. The number of aryl methyl sites for hydroxylation is 1. The number of hydrogen-bond acceptors (Lipinski definition) is 4. The molecule has 0 saturated carbocycles. The van der Waals surface area contributed by atoms with E-state index < -0.39 is 6.04 Å². The van der Waals surface area contributed by atoms with Crippen LogP contribution in [0, 0.1) is 0 Å². The van der Waals surface area contributed by atoms with Crippen molar-refractivity contribution in [3.8, 4) is 5.88 Å². The highest BCUT2D eigenvalue weighted by atomic mass is 35.5. The maximum atomic E-state index is 11.8. The molecule has 1 unspecified atom stereocenters. The second-order valence-corrected chi connectivity index (χ2v) is 3.91. The lowest BCUT2D eigenvalue weighted by Crippen LogP contribution is -2.27. The highest BCUT2D eigenvalue weighted by Gasteiger charge is 2.27. The lowest BCUT2D eigenvalue weighted by molar-refractivity contribution is 0.0961. The zero-order valence-corrected chi connectivity index (χ0v) is 9.12. The van der Waals surface area contributed by atoms with E-state index in [4.69, 9.17) is 22.1 Å². The number of nitrogens with two attached hydrogens (primary N) is 1. The van der Waals surface area contributed by atoms with Crippen molar-refractivity contribution in [1.29, 1.82) is 0 Å². The maximum Gasteiger partial charge on any atom is 0.224 e. The number of ketones is 1. The molecule has 2 heterocycles. The Kier molecular flexibility index (Phi) is 2.67. The second-order valence-electron chi connectivity index (χ2n) is 3.55. The van der Waals surface area contributed by atoms with Gasteiger partial charge in [0.25, 0.3) is 0 Å². The fourth-order valence-electron chi connectivity index (χ4n) is 1.53. The van der Waals surface area contributed by atoms with Crippen LogP contribution in [0.5, 0.6) is 5.88 Å². The summed E-state index contributed by atoms with van der Waals surface area (Å²) >= 11 is 5.89. The Morgan fingerprint density at radius 1 is 1.73 bits per heavy atom. The van der Waals surface area contributed by atoms with Crippen molar-refractivity contribution in [2.75, 3.05) is 6.61 Å². The summed E-state index contributed by atoms with van der Waals surface area (Å²) in [5, 5.41) is 4.21. The van der Waals surface area contributed by atoms with Gasteiger partial charge in [0.15, 0.2) is 10.9 Å². The molecule has 0 bridgehead atoms. The summed E-state index contributed by atoms with van der Waals surface area (Å²) < 4.78 is 7.00. The summed E-state index contributed by atoms with van der Waals surface area (Å²) in [6.45, 7) is 2.92. The molecule has 0 radical (unpaired) electrons. The van der Waals surface area contributed by atoms with Gasteiger partial charge in [-0.1, -0.05) is 11.6 Å². The first-order valence-electron chi connectivity index (χ1n) is 4.80. The smallest absolute Gasteiger partial charge is 0.224 e. The zero-order chi connectivity index (χ0) is 11.0. The Morgan fingerprint density at radius 2 is 2.47 bits per heavy atom. The lowest BCUT2D eigenvalue weighted by atomic mass is 10.1. The number of halogens is 1. The van der Waals surface area contributed by atoms with Crippen molar-refractivity contribution in [1.82, 2.24) is 9.78 Å². The van der Waals surface area contributed by atoms with E-state index in [-0.39, 0.29) is 10.9 Å². The molecule has 2 N–H and O–H groups in total. The van der Waals surface area contributed by atoms with Gasteiger partial charge in [-0.05, 0) is 6.92 Å². The van der Waals surface area contributed by atoms with E-state index in [1.54, 1.807) is 11.6 Å². The van der Waals surface area contributed by atoms with Gasteiger partial charge < -0.3 is 10.5 Å². The average molecular weight is 230 g/mol. The van der Waals surface area contributed by atoms with Crippen LogP contribution in [0.15, 0.2) is 0 Å². The predicted octanol–water partition coefficient (Wildman–Crippen LogP) is 0.849. The molecular weight excluding hydrogens is 218 g/mol. The molecule has 0 aliphatic carbocycles.